The molecule has 0 aliphatic rings. The smallest absolute Gasteiger partial charge is 0.310 e. The summed E-state index contributed by atoms with van der Waals surface area (Å²) in [5, 5.41) is 4.01. The lowest BCUT2D eigenvalue weighted by Crippen LogP contribution is -2.34. The van der Waals surface area contributed by atoms with Gasteiger partial charge in [-0.15, -0.1) is 0 Å². The van der Waals surface area contributed by atoms with E-state index in [1.807, 2.05) is 29.8 Å². The Morgan fingerprint density at radius 1 is 1.35 bits per heavy atom. The zero-order valence-electron chi connectivity index (χ0n) is 13.7. The second kappa shape index (κ2) is 7.37. The quantitative estimate of drug-likeness (QED) is 0.790. The van der Waals surface area contributed by atoms with E-state index in [9.17, 15) is 9.59 Å². The van der Waals surface area contributed by atoms with Gasteiger partial charge in [-0.05, 0) is 30.5 Å². The number of rotatable bonds is 5. The van der Waals surface area contributed by atoms with Gasteiger partial charge in [-0.2, -0.15) is 11.3 Å². The number of methoxy groups -OCH3 is 1. The van der Waals surface area contributed by atoms with E-state index >= 15 is 0 Å². The Morgan fingerprint density at radius 3 is 2.65 bits per heavy atom. The number of carbonyl (C=O) groups is 2. The number of ether oxygens (including phenoxy) is 1. The number of thiophene rings is 1. The SMILES string of the molecule is COC(=O)[C@@H](C)CN(C)C(=O)c1ccc(-c2ccsc2)nc1C. The second-order valence-electron chi connectivity index (χ2n) is 5.45. The highest BCUT2D eigenvalue weighted by Gasteiger charge is 2.21. The summed E-state index contributed by atoms with van der Waals surface area (Å²) in [4.78, 5) is 30.1. The summed E-state index contributed by atoms with van der Waals surface area (Å²) < 4.78 is 4.69. The predicted octanol–water partition coefficient (Wildman–Crippen LogP) is 3.00. The fraction of sp³-hybridized carbons (Fsp3) is 0.353. The molecule has 1 amide bonds. The van der Waals surface area contributed by atoms with Crippen molar-refractivity contribution in [3.63, 3.8) is 0 Å². The first kappa shape index (κ1) is 17.1. The van der Waals surface area contributed by atoms with Crippen molar-refractivity contribution in [2.75, 3.05) is 20.7 Å². The minimum atomic E-state index is -0.368. The molecule has 2 heterocycles. The summed E-state index contributed by atoms with van der Waals surface area (Å²) in [5.74, 6) is -0.845. The van der Waals surface area contributed by atoms with Crippen LogP contribution in [0.15, 0.2) is 29.0 Å². The van der Waals surface area contributed by atoms with Gasteiger partial charge < -0.3 is 9.64 Å². The topological polar surface area (TPSA) is 59.5 Å². The number of pyridine rings is 1. The molecule has 2 aromatic rings. The van der Waals surface area contributed by atoms with Crippen LogP contribution in [0.3, 0.4) is 0 Å². The summed E-state index contributed by atoms with van der Waals surface area (Å²) >= 11 is 1.61. The van der Waals surface area contributed by atoms with Crippen LogP contribution in [0.25, 0.3) is 11.3 Å². The minimum absolute atomic E-state index is 0.150. The van der Waals surface area contributed by atoms with E-state index in [1.54, 1.807) is 31.4 Å². The summed E-state index contributed by atoms with van der Waals surface area (Å²) in [6.45, 7) is 3.86. The molecule has 0 fully saturated rings. The molecule has 0 aliphatic heterocycles. The Bertz CT molecular complexity index is 698. The van der Waals surface area contributed by atoms with Crippen LogP contribution in [0, 0.1) is 12.8 Å². The zero-order chi connectivity index (χ0) is 17.0. The minimum Gasteiger partial charge on any atom is -0.469 e. The largest absolute Gasteiger partial charge is 0.469 e. The van der Waals surface area contributed by atoms with E-state index in [-0.39, 0.29) is 17.8 Å². The maximum absolute atomic E-state index is 12.5. The third kappa shape index (κ3) is 3.96. The number of hydrogen-bond acceptors (Lipinski definition) is 5. The molecule has 6 heteroatoms. The maximum atomic E-state index is 12.5. The van der Waals surface area contributed by atoms with Crippen molar-refractivity contribution in [1.29, 1.82) is 0 Å². The molecule has 1 atom stereocenters. The monoisotopic (exact) mass is 332 g/mol. The molecular formula is C17H20N2O3S. The van der Waals surface area contributed by atoms with Gasteiger partial charge >= 0.3 is 5.97 Å². The molecule has 0 N–H and O–H groups in total. The Hall–Kier alpha value is -2.21. The van der Waals surface area contributed by atoms with Crippen molar-refractivity contribution >= 4 is 23.2 Å². The van der Waals surface area contributed by atoms with Crippen molar-refractivity contribution < 1.29 is 14.3 Å². The van der Waals surface area contributed by atoms with E-state index in [0.717, 1.165) is 11.3 Å². The lowest BCUT2D eigenvalue weighted by molar-refractivity contribution is -0.145. The summed E-state index contributed by atoms with van der Waals surface area (Å²) in [5.41, 5.74) is 3.12. The molecule has 0 aliphatic carbocycles. The van der Waals surface area contributed by atoms with Crippen molar-refractivity contribution in [2.45, 2.75) is 13.8 Å². The van der Waals surface area contributed by atoms with Gasteiger partial charge in [0.15, 0.2) is 0 Å². The van der Waals surface area contributed by atoms with Gasteiger partial charge in [-0.25, -0.2) is 0 Å². The average molecular weight is 332 g/mol. The summed E-state index contributed by atoms with van der Waals surface area (Å²) in [7, 11) is 3.02. The standard InChI is InChI=1S/C17H20N2O3S/c1-11(17(21)22-4)9-19(3)16(20)14-5-6-15(18-12(14)2)13-7-8-23-10-13/h5-8,10-11H,9H2,1-4H3/t11-/m0/s1. The third-order valence-corrected chi connectivity index (χ3v) is 4.31. The van der Waals surface area contributed by atoms with Crippen LogP contribution < -0.4 is 0 Å². The van der Waals surface area contributed by atoms with Crippen LogP contribution in [-0.4, -0.2) is 42.5 Å². The Labute approximate surface area is 139 Å². The summed E-state index contributed by atoms with van der Waals surface area (Å²) in [6.07, 6.45) is 0. The second-order valence-corrected chi connectivity index (χ2v) is 6.23. The Morgan fingerprint density at radius 2 is 2.09 bits per heavy atom. The molecule has 0 saturated carbocycles. The van der Waals surface area contributed by atoms with Crippen LogP contribution in [0.4, 0.5) is 0 Å². The van der Waals surface area contributed by atoms with Crippen molar-refractivity contribution in [1.82, 2.24) is 9.88 Å². The van der Waals surface area contributed by atoms with Gasteiger partial charge in [0, 0.05) is 24.5 Å². The van der Waals surface area contributed by atoms with E-state index < -0.39 is 0 Å². The lowest BCUT2D eigenvalue weighted by Gasteiger charge is -2.21. The van der Waals surface area contributed by atoms with Crippen LogP contribution in [0.1, 0.15) is 23.0 Å². The van der Waals surface area contributed by atoms with E-state index in [2.05, 4.69) is 4.98 Å². The van der Waals surface area contributed by atoms with Crippen LogP contribution in [-0.2, 0) is 9.53 Å². The number of aromatic nitrogens is 1. The first-order valence-electron chi connectivity index (χ1n) is 7.27. The fourth-order valence-electron chi connectivity index (χ4n) is 2.33. The highest BCUT2D eigenvalue weighted by atomic mass is 32.1. The Balaban J connectivity index is 2.14. The summed E-state index contributed by atoms with van der Waals surface area (Å²) in [6, 6.07) is 5.63. The molecular weight excluding hydrogens is 312 g/mol. The number of nitrogens with zero attached hydrogens (tertiary/aromatic N) is 2. The molecule has 0 spiro atoms. The van der Waals surface area contributed by atoms with E-state index in [0.29, 0.717) is 17.8 Å². The maximum Gasteiger partial charge on any atom is 0.310 e. The number of carbonyl (C=O) groups excluding carboxylic acids is 2. The number of amides is 1. The van der Waals surface area contributed by atoms with Crippen LogP contribution >= 0.6 is 11.3 Å². The molecule has 0 unspecified atom stereocenters. The normalized spacial score (nSPS) is 11.8. The molecule has 122 valence electrons. The van der Waals surface area contributed by atoms with Gasteiger partial charge in [0.2, 0.25) is 0 Å². The Kier molecular flexibility index (Phi) is 5.50. The third-order valence-electron chi connectivity index (χ3n) is 3.63. The van der Waals surface area contributed by atoms with Crippen LogP contribution in [0.2, 0.25) is 0 Å². The molecule has 2 aromatic heterocycles. The van der Waals surface area contributed by atoms with Gasteiger partial charge in [0.05, 0.1) is 30.0 Å². The van der Waals surface area contributed by atoms with Crippen molar-refractivity contribution in [3.8, 4) is 11.3 Å². The number of hydrogen-bond donors (Lipinski definition) is 0. The predicted molar refractivity (Wildman–Crippen MR) is 90.4 cm³/mol. The average Bonchev–Trinajstić information content (AvgIpc) is 3.07. The van der Waals surface area contributed by atoms with Crippen molar-refractivity contribution in [3.05, 3.63) is 40.2 Å². The first-order valence-corrected chi connectivity index (χ1v) is 8.21. The van der Waals surface area contributed by atoms with E-state index in [4.69, 9.17) is 4.74 Å². The van der Waals surface area contributed by atoms with Crippen molar-refractivity contribution in [2.24, 2.45) is 5.92 Å². The van der Waals surface area contributed by atoms with Crippen LogP contribution in [0.5, 0.6) is 0 Å². The highest BCUT2D eigenvalue weighted by molar-refractivity contribution is 7.08. The van der Waals surface area contributed by atoms with E-state index in [1.165, 1.54) is 12.0 Å². The first-order chi connectivity index (χ1) is 10.9. The molecule has 5 nitrogen and oxygen atoms in total. The van der Waals surface area contributed by atoms with Gasteiger partial charge in [0.25, 0.3) is 5.91 Å². The molecule has 2 rings (SSSR count). The number of aryl methyl sites for hydroxylation is 1. The highest BCUT2D eigenvalue weighted by Crippen LogP contribution is 2.22. The zero-order valence-corrected chi connectivity index (χ0v) is 14.5. The molecule has 0 saturated heterocycles. The molecule has 0 aromatic carbocycles. The van der Waals surface area contributed by atoms with Gasteiger partial charge in [-0.3, -0.25) is 14.6 Å². The van der Waals surface area contributed by atoms with Gasteiger partial charge in [0.1, 0.15) is 0 Å². The number of esters is 1. The lowest BCUT2D eigenvalue weighted by atomic mass is 10.1. The fourth-order valence-corrected chi connectivity index (χ4v) is 2.98. The van der Waals surface area contributed by atoms with Gasteiger partial charge in [-0.1, -0.05) is 6.92 Å². The molecule has 0 bridgehead atoms. The molecule has 23 heavy (non-hydrogen) atoms. The molecule has 0 radical (unpaired) electrons.